The van der Waals surface area contributed by atoms with E-state index in [0.29, 0.717) is 11.5 Å². The molecule has 0 aromatic carbocycles. The Kier molecular flexibility index (Phi) is 14.4. The highest BCUT2D eigenvalue weighted by atomic mass is 32.1. The Hall–Kier alpha value is -0.480. The van der Waals surface area contributed by atoms with Crippen molar-refractivity contribution in [2.45, 2.75) is 89.9 Å². The molecule has 138 valence electrons. The van der Waals surface area contributed by atoms with E-state index in [9.17, 15) is 4.79 Å². The fourth-order valence-electron chi connectivity index (χ4n) is 2.81. The molecule has 0 atom stereocenters. The summed E-state index contributed by atoms with van der Waals surface area (Å²) in [6, 6.07) is 3.74. The molecule has 4 heteroatoms. The van der Waals surface area contributed by atoms with Gasteiger partial charge >= 0.3 is 5.97 Å². The minimum atomic E-state index is -0.0909. The van der Waals surface area contributed by atoms with E-state index in [-0.39, 0.29) is 5.97 Å². The molecule has 0 unspecified atom stereocenters. The van der Waals surface area contributed by atoms with Gasteiger partial charge < -0.3 is 4.74 Å². The molecule has 1 rings (SSSR count). The van der Waals surface area contributed by atoms with Crippen molar-refractivity contribution in [2.75, 3.05) is 5.75 Å². The maximum atomic E-state index is 11.6. The minimum Gasteiger partial charge on any atom is -0.415 e. The van der Waals surface area contributed by atoms with Crippen LogP contribution in [0.3, 0.4) is 0 Å². The summed E-state index contributed by atoms with van der Waals surface area (Å²) in [4.78, 5) is 11.6. The standard InChI is InChI=1S/C20H34O2S2/c21-19(22-20-16-14-18-24-20)15-12-10-8-6-4-2-1-3-5-7-9-11-13-17-23/h14,16,18,23H,1-13,15,17H2. The summed E-state index contributed by atoms with van der Waals surface area (Å²) in [5.41, 5.74) is 0. The Labute approximate surface area is 157 Å². The van der Waals surface area contributed by atoms with Gasteiger partial charge in [0.15, 0.2) is 5.06 Å². The third-order valence-electron chi connectivity index (χ3n) is 4.25. The highest BCUT2D eigenvalue weighted by molar-refractivity contribution is 7.80. The predicted molar refractivity (Wildman–Crippen MR) is 108 cm³/mol. The average molecular weight is 371 g/mol. The Balaban J connectivity index is 1.75. The number of hydrogen-bond acceptors (Lipinski definition) is 4. The van der Waals surface area contributed by atoms with E-state index in [1.807, 2.05) is 17.5 Å². The minimum absolute atomic E-state index is 0.0909. The molecule has 0 fully saturated rings. The summed E-state index contributed by atoms with van der Waals surface area (Å²) < 4.78 is 5.24. The van der Waals surface area contributed by atoms with E-state index in [1.54, 1.807) is 0 Å². The number of carbonyl (C=O) groups excluding carboxylic acids is 1. The van der Waals surface area contributed by atoms with Gasteiger partial charge in [0.2, 0.25) is 0 Å². The van der Waals surface area contributed by atoms with E-state index in [0.717, 1.165) is 18.6 Å². The lowest BCUT2D eigenvalue weighted by Crippen LogP contribution is -2.06. The molecular weight excluding hydrogens is 336 g/mol. The van der Waals surface area contributed by atoms with Crippen LogP contribution in [-0.2, 0) is 4.79 Å². The van der Waals surface area contributed by atoms with Crippen LogP contribution in [0.15, 0.2) is 17.5 Å². The SMILES string of the molecule is O=C(CCCCCCCCCCCCCCCS)Oc1cccs1. The molecule has 0 radical (unpaired) electrons. The molecule has 1 aromatic heterocycles. The van der Waals surface area contributed by atoms with Crippen molar-refractivity contribution in [3.05, 3.63) is 17.5 Å². The highest BCUT2D eigenvalue weighted by Crippen LogP contribution is 2.19. The number of thiol groups is 1. The van der Waals surface area contributed by atoms with Gasteiger partial charge in [-0.3, -0.25) is 4.79 Å². The van der Waals surface area contributed by atoms with Gasteiger partial charge in [0.1, 0.15) is 0 Å². The van der Waals surface area contributed by atoms with Gasteiger partial charge in [-0.05, 0) is 36.1 Å². The Bertz CT molecular complexity index is 390. The van der Waals surface area contributed by atoms with E-state index in [1.165, 1.54) is 82.0 Å². The van der Waals surface area contributed by atoms with Gasteiger partial charge in [-0.15, -0.1) is 11.3 Å². The van der Waals surface area contributed by atoms with E-state index in [2.05, 4.69) is 12.6 Å². The largest absolute Gasteiger partial charge is 0.415 e. The lowest BCUT2D eigenvalue weighted by Gasteiger charge is -2.03. The van der Waals surface area contributed by atoms with Crippen molar-refractivity contribution in [1.29, 1.82) is 0 Å². The van der Waals surface area contributed by atoms with Gasteiger partial charge in [0.25, 0.3) is 0 Å². The maximum Gasteiger partial charge on any atom is 0.311 e. The zero-order valence-electron chi connectivity index (χ0n) is 15.0. The molecule has 1 heterocycles. The van der Waals surface area contributed by atoms with Crippen molar-refractivity contribution >= 4 is 29.9 Å². The molecule has 0 saturated heterocycles. The number of rotatable bonds is 16. The van der Waals surface area contributed by atoms with Crippen LogP contribution >= 0.6 is 24.0 Å². The number of carbonyl (C=O) groups is 1. The Morgan fingerprint density at radius 1 is 0.833 bits per heavy atom. The van der Waals surface area contributed by atoms with Crippen LogP contribution in [0, 0.1) is 0 Å². The third-order valence-corrected chi connectivity index (χ3v) is 5.31. The van der Waals surface area contributed by atoms with Crippen molar-refractivity contribution < 1.29 is 9.53 Å². The number of ether oxygens (including phenoxy) is 1. The average Bonchev–Trinajstić information content (AvgIpc) is 3.08. The fraction of sp³-hybridized carbons (Fsp3) is 0.750. The summed E-state index contributed by atoms with van der Waals surface area (Å²) in [5, 5.41) is 2.63. The molecule has 1 aromatic rings. The summed E-state index contributed by atoms with van der Waals surface area (Å²) in [6.07, 6.45) is 17.5. The van der Waals surface area contributed by atoms with Crippen LogP contribution in [0.4, 0.5) is 0 Å². The first kappa shape index (κ1) is 21.6. The quantitative estimate of drug-likeness (QED) is 0.192. The molecule has 0 amide bonds. The lowest BCUT2D eigenvalue weighted by atomic mass is 10.0. The summed E-state index contributed by atoms with van der Waals surface area (Å²) in [5.74, 6) is 0.947. The second-order valence-electron chi connectivity index (χ2n) is 6.48. The van der Waals surface area contributed by atoms with Crippen LogP contribution in [0.25, 0.3) is 0 Å². The second kappa shape index (κ2) is 16.0. The molecule has 0 aliphatic rings. The van der Waals surface area contributed by atoms with Gasteiger partial charge in [0, 0.05) is 6.42 Å². The van der Waals surface area contributed by atoms with Crippen LogP contribution in [0.2, 0.25) is 0 Å². The van der Waals surface area contributed by atoms with Gasteiger partial charge in [-0.2, -0.15) is 12.6 Å². The van der Waals surface area contributed by atoms with E-state index < -0.39 is 0 Å². The molecule has 2 nitrogen and oxygen atoms in total. The van der Waals surface area contributed by atoms with Crippen LogP contribution in [0.5, 0.6) is 5.06 Å². The number of unbranched alkanes of at least 4 members (excludes halogenated alkanes) is 12. The van der Waals surface area contributed by atoms with Crippen molar-refractivity contribution in [2.24, 2.45) is 0 Å². The summed E-state index contributed by atoms with van der Waals surface area (Å²) in [6.45, 7) is 0. The fourth-order valence-corrected chi connectivity index (χ4v) is 3.62. The first-order chi connectivity index (χ1) is 11.8. The molecule has 0 aliphatic carbocycles. The summed E-state index contributed by atoms with van der Waals surface area (Å²) >= 11 is 5.71. The summed E-state index contributed by atoms with van der Waals surface area (Å²) in [7, 11) is 0. The zero-order valence-corrected chi connectivity index (χ0v) is 16.7. The smallest absolute Gasteiger partial charge is 0.311 e. The molecule has 24 heavy (non-hydrogen) atoms. The monoisotopic (exact) mass is 370 g/mol. The molecule has 0 spiro atoms. The number of esters is 1. The predicted octanol–water partition coefficient (Wildman–Crippen LogP) is 7.04. The molecular formula is C20H34O2S2. The number of thiophene rings is 1. The molecule has 0 saturated carbocycles. The molecule has 0 bridgehead atoms. The number of hydrogen-bond donors (Lipinski definition) is 1. The van der Waals surface area contributed by atoms with Crippen molar-refractivity contribution in [1.82, 2.24) is 0 Å². The Morgan fingerprint density at radius 3 is 1.79 bits per heavy atom. The highest BCUT2D eigenvalue weighted by Gasteiger charge is 2.04. The lowest BCUT2D eigenvalue weighted by molar-refractivity contribution is -0.134. The first-order valence-electron chi connectivity index (χ1n) is 9.68. The maximum absolute atomic E-state index is 11.6. The van der Waals surface area contributed by atoms with Gasteiger partial charge in [-0.25, -0.2) is 0 Å². The molecule has 0 aliphatic heterocycles. The Morgan fingerprint density at radius 2 is 1.33 bits per heavy atom. The van der Waals surface area contributed by atoms with Gasteiger partial charge in [0.05, 0.1) is 0 Å². The van der Waals surface area contributed by atoms with Crippen LogP contribution < -0.4 is 4.74 Å². The van der Waals surface area contributed by atoms with E-state index >= 15 is 0 Å². The van der Waals surface area contributed by atoms with Crippen molar-refractivity contribution in [3.8, 4) is 5.06 Å². The van der Waals surface area contributed by atoms with Crippen LogP contribution in [-0.4, -0.2) is 11.7 Å². The normalized spacial score (nSPS) is 10.9. The zero-order chi connectivity index (χ0) is 17.3. The topological polar surface area (TPSA) is 26.3 Å². The first-order valence-corrected chi connectivity index (χ1v) is 11.2. The van der Waals surface area contributed by atoms with Gasteiger partial charge in [-0.1, -0.05) is 70.6 Å². The van der Waals surface area contributed by atoms with Crippen molar-refractivity contribution in [3.63, 3.8) is 0 Å². The third kappa shape index (κ3) is 12.9. The van der Waals surface area contributed by atoms with Crippen LogP contribution in [0.1, 0.15) is 89.9 Å². The molecule has 0 N–H and O–H groups in total. The van der Waals surface area contributed by atoms with E-state index in [4.69, 9.17) is 4.74 Å². The second-order valence-corrected chi connectivity index (χ2v) is 7.83.